The summed E-state index contributed by atoms with van der Waals surface area (Å²) in [5.41, 5.74) is 6.23. The maximum Gasteiger partial charge on any atom is 0.250 e. The number of ether oxygens (including phenoxy) is 1. The third-order valence-corrected chi connectivity index (χ3v) is 2.39. The van der Waals surface area contributed by atoms with Gasteiger partial charge in [0.25, 0.3) is 0 Å². The lowest BCUT2D eigenvalue weighted by Gasteiger charge is -2.10. The second-order valence-corrected chi connectivity index (χ2v) is 4.00. The fourth-order valence-electron chi connectivity index (χ4n) is 1.12. The fraction of sp³-hybridized carbons (Fsp3) is 0.300. The summed E-state index contributed by atoms with van der Waals surface area (Å²) in [7, 11) is 0. The van der Waals surface area contributed by atoms with Crippen LogP contribution in [0.2, 0.25) is 10.0 Å². The van der Waals surface area contributed by atoms with Gasteiger partial charge in [-0.2, -0.15) is 0 Å². The zero-order chi connectivity index (χ0) is 12.8. The van der Waals surface area contributed by atoms with Crippen LogP contribution in [0.5, 0.6) is 0 Å². The third-order valence-electron chi connectivity index (χ3n) is 1.80. The molecule has 0 aliphatic heterocycles. The van der Waals surface area contributed by atoms with E-state index in [2.05, 4.69) is 5.32 Å². The summed E-state index contributed by atoms with van der Waals surface area (Å²) < 4.78 is 4.85. The molecule has 1 aromatic rings. The Hall–Kier alpha value is -1.01. The monoisotopic (exact) mass is 278 g/mol. The van der Waals surface area contributed by atoms with E-state index in [0.29, 0.717) is 11.4 Å². The van der Waals surface area contributed by atoms with Crippen molar-refractivity contribution < 1.29 is 14.6 Å². The molecule has 0 saturated heterocycles. The number of halogens is 2. The molecule has 0 radical (unpaired) electrons. The van der Waals surface area contributed by atoms with Gasteiger partial charge in [0, 0.05) is 5.69 Å². The number of rotatable bonds is 5. The van der Waals surface area contributed by atoms with Crippen molar-refractivity contribution >= 4 is 40.5 Å². The molecule has 17 heavy (non-hydrogen) atoms. The fourth-order valence-corrected chi connectivity index (χ4v) is 1.72. The first-order valence-corrected chi connectivity index (χ1v) is 5.53. The van der Waals surface area contributed by atoms with Crippen LogP contribution >= 0.6 is 23.2 Å². The Bertz CT molecular complexity index is 390. The van der Waals surface area contributed by atoms with Crippen LogP contribution in [-0.4, -0.2) is 30.8 Å². The zero-order valence-electron chi connectivity index (χ0n) is 8.87. The lowest BCUT2D eigenvalue weighted by molar-refractivity contribution is -0.120. The Labute approximate surface area is 108 Å². The van der Waals surface area contributed by atoms with Crippen molar-refractivity contribution in [1.29, 1.82) is 0 Å². The van der Waals surface area contributed by atoms with Crippen LogP contribution in [0.1, 0.15) is 0 Å². The van der Waals surface area contributed by atoms with Crippen LogP contribution in [-0.2, 0) is 9.53 Å². The van der Waals surface area contributed by atoms with Crippen LogP contribution in [0.3, 0.4) is 0 Å². The Kier molecular flexibility index (Phi) is 5.50. The van der Waals surface area contributed by atoms with Crippen molar-refractivity contribution in [2.24, 2.45) is 0 Å². The highest BCUT2D eigenvalue weighted by atomic mass is 35.5. The second kappa shape index (κ2) is 6.66. The summed E-state index contributed by atoms with van der Waals surface area (Å²) in [5, 5.41) is 11.5. The number of amides is 1. The molecule has 4 N–H and O–H groups in total. The van der Waals surface area contributed by atoms with E-state index in [-0.39, 0.29) is 29.9 Å². The Balaban J connectivity index is 2.65. The average Bonchev–Trinajstić information content (AvgIpc) is 2.24. The van der Waals surface area contributed by atoms with Gasteiger partial charge in [-0.25, -0.2) is 0 Å². The number of aliphatic hydroxyl groups is 1. The molecule has 94 valence electrons. The zero-order valence-corrected chi connectivity index (χ0v) is 10.4. The molecular weight excluding hydrogens is 267 g/mol. The lowest BCUT2D eigenvalue weighted by atomic mass is 10.3. The van der Waals surface area contributed by atoms with E-state index in [1.54, 1.807) is 0 Å². The number of nitrogens with one attached hydrogen (secondary N) is 1. The Morgan fingerprint density at radius 2 is 2.00 bits per heavy atom. The molecule has 5 nitrogen and oxygen atoms in total. The summed E-state index contributed by atoms with van der Waals surface area (Å²) in [6, 6.07) is 2.97. The summed E-state index contributed by atoms with van der Waals surface area (Å²) in [4.78, 5) is 11.4. The number of nitrogen functional groups attached to an aromatic ring is 1. The number of hydrogen-bond acceptors (Lipinski definition) is 4. The molecule has 1 aromatic carbocycles. The van der Waals surface area contributed by atoms with Gasteiger partial charge in [-0.05, 0) is 12.1 Å². The summed E-state index contributed by atoms with van der Waals surface area (Å²) >= 11 is 11.8. The highest BCUT2D eigenvalue weighted by Crippen LogP contribution is 2.32. The molecule has 0 aromatic heterocycles. The minimum atomic E-state index is -0.410. The molecule has 0 aliphatic carbocycles. The van der Waals surface area contributed by atoms with Gasteiger partial charge in [-0.15, -0.1) is 0 Å². The number of benzene rings is 1. The van der Waals surface area contributed by atoms with Gasteiger partial charge >= 0.3 is 0 Å². The molecule has 0 spiro atoms. The number of carbonyl (C=O) groups is 1. The number of aliphatic hydroxyl groups excluding tert-OH is 1. The highest BCUT2D eigenvalue weighted by Gasteiger charge is 2.10. The normalized spacial score (nSPS) is 10.3. The molecule has 0 saturated carbocycles. The Morgan fingerprint density at radius 3 is 2.53 bits per heavy atom. The van der Waals surface area contributed by atoms with Crippen molar-refractivity contribution in [2.45, 2.75) is 0 Å². The van der Waals surface area contributed by atoms with E-state index in [0.717, 1.165) is 0 Å². The molecular formula is C10H12Cl2N2O3. The molecule has 0 bridgehead atoms. The van der Waals surface area contributed by atoms with Crippen LogP contribution in [0.15, 0.2) is 12.1 Å². The average molecular weight is 279 g/mol. The number of carbonyl (C=O) groups excluding carboxylic acids is 1. The topological polar surface area (TPSA) is 84.6 Å². The first-order chi connectivity index (χ1) is 8.04. The largest absolute Gasteiger partial charge is 0.399 e. The SMILES string of the molecule is Nc1cc(Cl)c(NC(=O)COCCO)c(Cl)c1. The first kappa shape index (κ1) is 14.1. The summed E-state index contributed by atoms with van der Waals surface area (Å²) in [6.07, 6.45) is 0. The lowest BCUT2D eigenvalue weighted by Crippen LogP contribution is -2.19. The molecule has 0 atom stereocenters. The smallest absolute Gasteiger partial charge is 0.250 e. The number of nitrogens with two attached hydrogens (primary N) is 1. The first-order valence-electron chi connectivity index (χ1n) is 4.77. The maximum absolute atomic E-state index is 11.4. The van der Waals surface area contributed by atoms with E-state index in [9.17, 15) is 4.79 Å². The van der Waals surface area contributed by atoms with Crippen LogP contribution in [0.4, 0.5) is 11.4 Å². The maximum atomic E-state index is 11.4. The predicted octanol–water partition coefficient (Wildman–Crippen LogP) is 1.52. The molecule has 0 aliphatic rings. The molecule has 7 heteroatoms. The number of anilines is 2. The minimum Gasteiger partial charge on any atom is -0.399 e. The van der Waals surface area contributed by atoms with Gasteiger partial charge < -0.3 is 20.9 Å². The van der Waals surface area contributed by atoms with Crippen LogP contribution in [0, 0.1) is 0 Å². The van der Waals surface area contributed by atoms with Crippen LogP contribution in [0.25, 0.3) is 0 Å². The molecule has 1 amide bonds. The van der Waals surface area contributed by atoms with Gasteiger partial charge in [-0.3, -0.25) is 4.79 Å². The van der Waals surface area contributed by atoms with E-state index >= 15 is 0 Å². The van der Waals surface area contributed by atoms with E-state index in [4.69, 9.17) is 38.8 Å². The van der Waals surface area contributed by atoms with Crippen molar-refractivity contribution in [2.75, 3.05) is 30.9 Å². The summed E-state index contributed by atoms with van der Waals surface area (Å²) in [5.74, 6) is -0.410. The van der Waals surface area contributed by atoms with Gasteiger partial charge in [0.15, 0.2) is 0 Å². The predicted molar refractivity (Wildman–Crippen MR) is 67.4 cm³/mol. The summed E-state index contributed by atoms with van der Waals surface area (Å²) in [6.45, 7) is -0.231. The van der Waals surface area contributed by atoms with Gasteiger partial charge in [0.2, 0.25) is 5.91 Å². The van der Waals surface area contributed by atoms with Crippen molar-refractivity contribution in [3.8, 4) is 0 Å². The van der Waals surface area contributed by atoms with E-state index < -0.39 is 5.91 Å². The second-order valence-electron chi connectivity index (χ2n) is 3.18. The van der Waals surface area contributed by atoms with Gasteiger partial charge in [0.05, 0.1) is 28.9 Å². The van der Waals surface area contributed by atoms with Gasteiger partial charge in [-0.1, -0.05) is 23.2 Å². The standard InChI is InChI=1S/C10H12Cl2N2O3/c11-7-3-6(13)4-8(12)10(7)14-9(16)5-17-2-1-15/h3-4,15H,1-2,5,13H2,(H,14,16). The minimum absolute atomic E-state index is 0.0939. The third kappa shape index (κ3) is 4.40. The molecule has 0 unspecified atom stereocenters. The van der Waals surface area contributed by atoms with Crippen molar-refractivity contribution in [1.82, 2.24) is 0 Å². The number of hydrogen-bond donors (Lipinski definition) is 3. The van der Waals surface area contributed by atoms with Crippen LogP contribution < -0.4 is 11.1 Å². The van der Waals surface area contributed by atoms with Crippen molar-refractivity contribution in [3.05, 3.63) is 22.2 Å². The van der Waals surface area contributed by atoms with Gasteiger partial charge in [0.1, 0.15) is 6.61 Å². The van der Waals surface area contributed by atoms with E-state index in [1.165, 1.54) is 12.1 Å². The molecule has 1 rings (SSSR count). The highest BCUT2D eigenvalue weighted by molar-refractivity contribution is 6.40. The Morgan fingerprint density at radius 1 is 1.41 bits per heavy atom. The van der Waals surface area contributed by atoms with Crippen molar-refractivity contribution in [3.63, 3.8) is 0 Å². The quantitative estimate of drug-likeness (QED) is 0.563. The van der Waals surface area contributed by atoms with E-state index in [1.807, 2.05) is 0 Å². The molecule has 0 heterocycles. The molecule has 0 fully saturated rings.